The van der Waals surface area contributed by atoms with Gasteiger partial charge in [-0.2, -0.15) is 0 Å². The van der Waals surface area contributed by atoms with Gasteiger partial charge in [-0.1, -0.05) is 6.92 Å². The second kappa shape index (κ2) is 2.09. The van der Waals surface area contributed by atoms with E-state index in [-0.39, 0.29) is 0 Å². The van der Waals surface area contributed by atoms with Crippen molar-refractivity contribution in [3.63, 3.8) is 0 Å². The molecule has 0 aliphatic heterocycles. The highest BCUT2D eigenvalue weighted by Gasteiger charge is 1.96. The first kappa shape index (κ1) is 6.66. The fourth-order valence-electron chi connectivity index (χ4n) is 0. The molecule has 0 fully saturated rings. The molecular formula is C3H11NS2. The molecule has 0 spiro atoms. The van der Waals surface area contributed by atoms with E-state index in [0.29, 0.717) is 0 Å². The molecule has 0 bridgehead atoms. The predicted octanol–water partition coefficient (Wildman–Crippen LogP) is 1.16. The maximum Gasteiger partial charge on any atom is -0.00559 e. The van der Waals surface area contributed by atoms with Gasteiger partial charge in [0, 0.05) is 0 Å². The monoisotopic (exact) mass is 125 g/mol. The van der Waals surface area contributed by atoms with Crippen molar-refractivity contribution in [1.82, 2.24) is 0 Å². The number of thiol groups is 1. The van der Waals surface area contributed by atoms with Crippen LogP contribution in [0.5, 0.6) is 0 Å². The number of rotatable bonds is 1. The first-order valence-corrected chi connectivity index (χ1v) is 5.15. The predicted molar refractivity (Wildman–Crippen MR) is 37.2 cm³/mol. The highest BCUT2D eigenvalue weighted by atomic mass is 33.1. The van der Waals surface area contributed by atoms with E-state index in [4.69, 9.17) is 5.14 Å². The maximum absolute atomic E-state index is 5.48. The van der Waals surface area contributed by atoms with E-state index in [9.17, 15) is 0 Å². The summed E-state index contributed by atoms with van der Waals surface area (Å²) in [5.74, 6) is 0.996. The number of hydrogen-bond donors (Lipinski definition) is 2. The molecule has 3 heteroatoms. The van der Waals surface area contributed by atoms with Crippen LogP contribution in [0.4, 0.5) is 0 Å². The highest BCUT2D eigenvalue weighted by molar-refractivity contribution is 8.86. The third kappa shape index (κ3) is 4.66. The van der Waals surface area contributed by atoms with E-state index < -0.39 is 9.25 Å². The van der Waals surface area contributed by atoms with Crippen LogP contribution in [-0.2, 0) is 0 Å². The van der Waals surface area contributed by atoms with Gasteiger partial charge in [0.05, 0.1) is 0 Å². The Labute approximate surface area is 45.6 Å². The Morgan fingerprint density at radius 3 is 2.00 bits per heavy atom. The van der Waals surface area contributed by atoms with Crippen molar-refractivity contribution in [3.05, 3.63) is 0 Å². The Hall–Kier alpha value is 0.660. The molecule has 40 valence electrons. The van der Waals surface area contributed by atoms with Crippen molar-refractivity contribution in [2.45, 2.75) is 6.92 Å². The molecule has 0 saturated carbocycles. The molecular weight excluding hydrogens is 114 g/mol. The molecule has 6 heavy (non-hydrogen) atoms. The molecule has 0 aliphatic rings. The van der Waals surface area contributed by atoms with Crippen LogP contribution in [0, 0.1) is 0 Å². The van der Waals surface area contributed by atoms with Crippen molar-refractivity contribution < 1.29 is 0 Å². The molecule has 0 aromatic carbocycles. The normalized spacial score (nSPS) is 25.3. The molecule has 0 aromatic heterocycles. The van der Waals surface area contributed by atoms with Crippen LogP contribution in [0.3, 0.4) is 0 Å². The average Bonchev–Trinajstić information content (AvgIpc) is 1.35. The van der Waals surface area contributed by atoms with E-state index in [1.807, 2.05) is 13.2 Å². The highest BCUT2D eigenvalue weighted by Crippen LogP contribution is 2.38. The standard InChI is InChI=1S/C3H11NS2/c1-3-6(2,4)5/h5H,3-4H2,1-2H3. The first-order valence-electron chi connectivity index (χ1n) is 1.82. The van der Waals surface area contributed by atoms with Crippen LogP contribution >= 0.6 is 20.9 Å². The van der Waals surface area contributed by atoms with Gasteiger partial charge in [0.1, 0.15) is 0 Å². The zero-order valence-corrected chi connectivity index (χ0v) is 5.85. The summed E-state index contributed by atoms with van der Waals surface area (Å²) < 4.78 is 0. The van der Waals surface area contributed by atoms with Crippen LogP contribution in [0.15, 0.2) is 0 Å². The van der Waals surface area contributed by atoms with E-state index in [1.54, 1.807) is 0 Å². The van der Waals surface area contributed by atoms with Crippen molar-refractivity contribution in [2.24, 2.45) is 5.14 Å². The van der Waals surface area contributed by atoms with Crippen molar-refractivity contribution >= 4 is 20.9 Å². The summed E-state index contributed by atoms with van der Waals surface area (Å²) in [6, 6.07) is 0. The van der Waals surface area contributed by atoms with Gasteiger partial charge >= 0.3 is 0 Å². The Kier molecular flexibility index (Phi) is 2.33. The first-order chi connectivity index (χ1) is 2.56. The van der Waals surface area contributed by atoms with Crippen LogP contribution in [0.1, 0.15) is 6.92 Å². The van der Waals surface area contributed by atoms with Gasteiger partial charge in [-0.15, -0.1) is 20.9 Å². The van der Waals surface area contributed by atoms with E-state index in [1.165, 1.54) is 0 Å². The third-order valence-corrected chi connectivity index (χ3v) is 2.53. The molecule has 0 radical (unpaired) electrons. The molecule has 0 rings (SSSR count). The van der Waals surface area contributed by atoms with Crippen LogP contribution in [0.2, 0.25) is 0 Å². The van der Waals surface area contributed by atoms with Gasteiger partial charge in [-0.3, -0.25) is 5.14 Å². The zero-order chi connectivity index (χ0) is 5.21. The summed E-state index contributed by atoms with van der Waals surface area (Å²) in [4.78, 5) is 0. The molecule has 0 aliphatic carbocycles. The Morgan fingerprint density at radius 2 is 2.00 bits per heavy atom. The SMILES string of the molecule is CCS(C)(N)S. The Balaban J connectivity index is 3.17. The lowest BCUT2D eigenvalue weighted by atomic mass is 11.0. The lowest BCUT2D eigenvalue weighted by Crippen LogP contribution is -2.02. The van der Waals surface area contributed by atoms with E-state index in [2.05, 4.69) is 11.7 Å². The summed E-state index contributed by atoms with van der Waals surface area (Å²) in [5.41, 5.74) is 0. The molecule has 0 heterocycles. The zero-order valence-electron chi connectivity index (χ0n) is 4.14. The smallest absolute Gasteiger partial charge is 0.00559 e. The molecule has 0 saturated heterocycles. The van der Waals surface area contributed by atoms with Gasteiger partial charge in [0.2, 0.25) is 0 Å². The molecule has 1 atom stereocenters. The molecule has 1 unspecified atom stereocenters. The lowest BCUT2D eigenvalue weighted by Gasteiger charge is -2.19. The molecule has 2 N–H and O–H groups in total. The Morgan fingerprint density at radius 1 is 1.83 bits per heavy atom. The van der Waals surface area contributed by atoms with Gasteiger partial charge in [-0.25, -0.2) is 0 Å². The van der Waals surface area contributed by atoms with Gasteiger partial charge in [0.25, 0.3) is 0 Å². The summed E-state index contributed by atoms with van der Waals surface area (Å²) in [5, 5.41) is 5.48. The second-order valence-corrected chi connectivity index (χ2v) is 6.69. The van der Waals surface area contributed by atoms with Crippen LogP contribution in [0.25, 0.3) is 0 Å². The topological polar surface area (TPSA) is 26.0 Å². The largest absolute Gasteiger partial charge is 0.287 e. The quantitative estimate of drug-likeness (QED) is 0.399. The van der Waals surface area contributed by atoms with Crippen molar-refractivity contribution in [2.75, 3.05) is 12.0 Å². The van der Waals surface area contributed by atoms with Gasteiger partial charge in [-0.05, 0) is 12.0 Å². The molecule has 0 amide bonds. The molecule has 1 nitrogen and oxygen atoms in total. The fraction of sp³-hybridized carbons (Fsp3) is 1.00. The Bertz CT molecular complexity index is 38.5. The molecule has 0 aromatic rings. The summed E-state index contributed by atoms with van der Waals surface area (Å²) in [7, 11) is -0.968. The lowest BCUT2D eigenvalue weighted by molar-refractivity contribution is 1.50. The third-order valence-electron chi connectivity index (χ3n) is 0.584. The van der Waals surface area contributed by atoms with Crippen LogP contribution in [-0.4, -0.2) is 12.0 Å². The van der Waals surface area contributed by atoms with Gasteiger partial charge in [0.15, 0.2) is 0 Å². The minimum absolute atomic E-state index is 0.968. The van der Waals surface area contributed by atoms with Crippen molar-refractivity contribution in [1.29, 1.82) is 0 Å². The van der Waals surface area contributed by atoms with E-state index in [0.717, 1.165) is 5.75 Å². The minimum Gasteiger partial charge on any atom is -0.287 e. The van der Waals surface area contributed by atoms with Gasteiger partial charge < -0.3 is 0 Å². The number of hydrogen-bond acceptors (Lipinski definition) is 2. The summed E-state index contributed by atoms with van der Waals surface area (Å²) in [6.07, 6.45) is 1.97. The maximum atomic E-state index is 5.48. The van der Waals surface area contributed by atoms with E-state index >= 15 is 0 Å². The van der Waals surface area contributed by atoms with Crippen LogP contribution < -0.4 is 5.14 Å². The van der Waals surface area contributed by atoms with Crippen molar-refractivity contribution in [3.8, 4) is 0 Å². The summed E-state index contributed by atoms with van der Waals surface area (Å²) in [6.45, 7) is 2.04. The summed E-state index contributed by atoms with van der Waals surface area (Å²) >= 11 is 4.12. The second-order valence-electron chi connectivity index (χ2n) is 1.40. The number of nitrogens with two attached hydrogens (primary N) is 1. The average molecular weight is 125 g/mol. The minimum atomic E-state index is -0.968. The fourth-order valence-corrected chi connectivity index (χ4v) is 0.